The highest BCUT2D eigenvalue weighted by Crippen LogP contribution is 2.27. The minimum Gasteiger partial charge on any atom is -0.460 e. The Morgan fingerprint density at radius 1 is 0.541 bits per heavy atom. The minimum absolute atomic E-state index is 0.00663. The number of benzene rings is 3. The number of hydrogen-bond acceptors (Lipinski definition) is 17. The van der Waals surface area contributed by atoms with Gasteiger partial charge in [-0.3, -0.25) is 29.3 Å². The van der Waals surface area contributed by atoms with Crippen molar-refractivity contribution in [2.24, 2.45) is 0 Å². The van der Waals surface area contributed by atoms with Gasteiger partial charge in [0.25, 0.3) is 34.7 Å². The highest BCUT2D eigenvalue weighted by molar-refractivity contribution is 9.10. The quantitative estimate of drug-likeness (QED) is 0.0734. The zero-order valence-corrected chi connectivity index (χ0v) is 42.6. The summed E-state index contributed by atoms with van der Waals surface area (Å²) in [6.45, 7) is 11.2. The van der Waals surface area contributed by atoms with Gasteiger partial charge in [-0.2, -0.15) is 15.0 Å². The molecule has 0 fully saturated rings. The topological polar surface area (TPSA) is 296 Å². The summed E-state index contributed by atoms with van der Waals surface area (Å²) in [5.74, 6) is 0. The average Bonchev–Trinajstić information content (AvgIpc) is 3.37. The number of aromatic amines is 3. The van der Waals surface area contributed by atoms with Crippen LogP contribution in [0.25, 0.3) is 33.3 Å². The smallest absolute Gasteiger partial charge is 0.337 e. The first-order valence-corrected chi connectivity index (χ1v) is 24.1. The van der Waals surface area contributed by atoms with Gasteiger partial charge < -0.3 is 37.7 Å². The van der Waals surface area contributed by atoms with E-state index in [0.29, 0.717) is 36.0 Å². The van der Waals surface area contributed by atoms with E-state index in [4.69, 9.17) is 27.5 Å². The fourth-order valence-electron chi connectivity index (χ4n) is 7.97. The van der Waals surface area contributed by atoms with Gasteiger partial charge in [-0.05, 0) is 96.2 Å². The van der Waals surface area contributed by atoms with Crippen LogP contribution in [-0.4, -0.2) is 40.1 Å². The van der Waals surface area contributed by atoms with Crippen molar-refractivity contribution in [3.05, 3.63) is 201 Å². The molecule has 21 heteroatoms. The molecule has 0 spiro atoms. The molecule has 0 aliphatic rings. The third-order valence-electron chi connectivity index (χ3n) is 11.9. The molecule has 3 aromatic carbocycles. The van der Waals surface area contributed by atoms with Crippen molar-refractivity contribution >= 4 is 49.2 Å². The number of hydrogen-bond donors (Lipinski definition) is 5. The molecule has 0 saturated heterocycles. The molecule has 20 nitrogen and oxygen atoms in total. The van der Waals surface area contributed by atoms with Gasteiger partial charge >= 0.3 is 16.9 Å². The molecule has 0 radical (unpaired) electrons. The molecule has 0 aliphatic heterocycles. The van der Waals surface area contributed by atoms with Crippen LogP contribution in [0.2, 0.25) is 0 Å². The predicted octanol–water partition coefficient (Wildman–Crippen LogP) is 6.98. The number of H-pyrrole nitrogens is 3. The van der Waals surface area contributed by atoms with Gasteiger partial charge in [0.2, 0.25) is 17.1 Å². The van der Waals surface area contributed by atoms with Crippen molar-refractivity contribution in [3.8, 4) is 18.0 Å². The number of nitrogens with zero attached hydrogens (tertiary/aromatic N) is 3. The molecule has 5 N–H and O–H groups in total. The Morgan fingerprint density at radius 2 is 0.919 bits per heavy atom. The minimum atomic E-state index is -0.560. The number of nitrogens with one attached hydrogen (secondary N) is 3. The van der Waals surface area contributed by atoms with Crippen molar-refractivity contribution in [1.82, 2.24) is 29.9 Å². The third-order valence-corrected chi connectivity index (χ3v) is 12.6. The van der Waals surface area contributed by atoms with Crippen molar-refractivity contribution < 1.29 is 37.7 Å². The summed E-state index contributed by atoms with van der Waals surface area (Å²) in [4.78, 5) is 91.8. The summed E-state index contributed by atoms with van der Waals surface area (Å²) in [6, 6.07) is 22.5. The first-order chi connectivity index (χ1) is 35.5. The van der Waals surface area contributed by atoms with Crippen LogP contribution in [0, 0.1) is 13.8 Å². The lowest BCUT2D eigenvalue weighted by Crippen LogP contribution is -2.16. The van der Waals surface area contributed by atoms with Gasteiger partial charge in [0.15, 0.2) is 0 Å². The van der Waals surface area contributed by atoms with E-state index in [9.17, 15) is 39.0 Å². The molecular formula is C53H51BrN6O14. The molecule has 0 bridgehead atoms. The number of ether oxygens (including phenoxy) is 3. The maximum atomic E-state index is 12.3. The third kappa shape index (κ3) is 12.3. The monoisotopic (exact) mass is 1070 g/mol. The molecule has 0 amide bonds. The van der Waals surface area contributed by atoms with E-state index in [0.717, 1.165) is 43.4 Å². The van der Waals surface area contributed by atoms with E-state index >= 15 is 0 Å². The van der Waals surface area contributed by atoms with Crippen molar-refractivity contribution in [3.63, 3.8) is 0 Å². The van der Waals surface area contributed by atoms with E-state index in [1.54, 1.807) is 12.1 Å². The Balaban J connectivity index is 0.000000162. The average molecular weight is 1080 g/mol. The molecule has 0 aliphatic carbocycles. The highest BCUT2D eigenvalue weighted by Gasteiger charge is 2.18. The summed E-state index contributed by atoms with van der Waals surface area (Å²) < 4.78 is 32.9. The molecule has 74 heavy (non-hydrogen) atoms. The fraction of sp³-hybridized carbons (Fsp3) is 0.264. The van der Waals surface area contributed by atoms with Crippen LogP contribution in [0.15, 0.2) is 125 Å². The molecule has 6 aromatic heterocycles. The highest BCUT2D eigenvalue weighted by atomic mass is 79.9. The predicted molar refractivity (Wildman–Crippen MR) is 277 cm³/mol. The summed E-state index contributed by atoms with van der Waals surface area (Å²) in [5.41, 5.74) is 4.67. The molecular weight excluding hydrogens is 1020 g/mol. The zero-order chi connectivity index (χ0) is 53.2. The van der Waals surface area contributed by atoms with Gasteiger partial charge in [-0.15, -0.1) is 0 Å². The van der Waals surface area contributed by atoms with Crippen LogP contribution in [0.4, 0.5) is 0 Å². The second kappa shape index (κ2) is 24.0. The van der Waals surface area contributed by atoms with Crippen LogP contribution >= 0.6 is 15.9 Å². The normalized spacial score (nSPS) is 11.4. The van der Waals surface area contributed by atoms with E-state index in [2.05, 4.69) is 45.8 Å². The lowest BCUT2D eigenvalue weighted by molar-refractivity contribution is 0.206. The number of aromatic nitrogens is 6. The van der Waals surface area contributed by atoms with E-state index in [1.807, 2.05) is 90.1 Å². The Morgan fingerprint density at radius 3 is 1.30 bits per heavy atom. The Labute approximate surface area is 427 Å². The van der Waals surface area contributed by atoms with E-state index in [1.165, 1.54) is 18.2 Å². The van der Waals surface area contributed by atoms with Crippen molar-refractivity contribution in [1.29, 1.82) is 0 Å². The van der Waals surface area contributed by atoms with Crippen molar-refractivity contribution in [2.45, 2.75) is 93.3 Å². The van der Waals surface area contributed by atoms with Gasteiger partial charge in [0.05, 0.1) is 13.2 Å². The standard InChI is InChI=1S/2C18H18N2O5.C17H15BrN2O4/c2*1-3-11-7-14(22)25-17-15(11)16(23)19-18(20-17)24-9-13-10(2)5-4-6-12(13)8-21;1-3-10-8-13(21)24-16-14(10)15(22)19-17(20-16)23-9(2)11-6-4-5-7-12(11)18/h2*4-7,21H,3,8-9H2,1-2H3,(H,19,20,23);4-9H,3H2,1-2H3,(H,19,20,22)/t;;9-/m..1/s1. The number of aliphatic hydroxyl groups is 2. The summed E-state index contributed by atoms with van der Waals surface area (Å²) in [7, 11) is 0. The number of halogens is 1. The van der Waals surface area contributed by atoms with Crippen LogP contribution in [0.5, 0.6) is 18.0 Å². The molecule has 9 aromatic rings. The number of aryl methyl sites for hydroxylation is 5. The zero-order valence-electron chi connectivity index (χ0n) is 41.0. The Hall–Kier alpha value is -8.27. The SMILES string of the molecule is CCc1cc(=O)oc2nc(OCc3c(C)cccc3CO)[nH]c(=O)c12.CCc1cc(=O)oc2nc(OCc3c(C)cccc3CO)[nH]c(=O)c12.CCc1cc(=O)oc2nc(O[C@H](C)c3ccccc3Br)[nH]c(=O)c12. The molecule has 9 rings (SSSR count). The van der Waals surface area contributed by atoms with E-state index < -0.39 is 33.6 Å². The number of fused-ring (bicyclic) bond motifs is 3. The van der Waals surface area contributed by atoms with E-state index in [-0.39, 0.29) is 83.9 Å². The maximum Gasteiger partial charge on any atom is 0.337 e. The van der Waals surface area contributed by atoms with Crippen LogP contribution in [-0.2, 0) is 45.7 Å². The summed E-state index contributed by atoms with van der Waals surface area (Å²) in [6.07, 6.45) is 1.19. The van der Waals surface area contributed by atoms with Crippen LogP contribution in [0.1, 0.15) is 89.4 Å². The first kappa shape index (κ1) is 53.5. The van der Waals surface area contributed by atoms with Gasteiger partial charge in [-0.1, -0.05) is 91.3 Å². The van der Waals surface area contributed by atoms with Crippen molar-refractivity contribution in [2.75, 3.05) is 0 Å². The lowest BCUT2D eigenvalue weighted by Gasteiger charge is -2.15. The molecule has 384 valence electrons. The lowest BCUT2D eigenvalue weighted by atomic mass is 10.0. The Bertz CT molecular complexity index is 3710. The second-order valence-electron chi connectivity index (χ2n) is 16.6. The summed E-state index contributed by atoms with van der Waals surface area (Å²) >= 11 is 3.46. The molecule has 1 atom stereocenters. The number of rotatable bonds is 14. The van der Waals surface area contributed by atoms with Gasteiger partial charge in [0.1, 0.15) is 35.5 Å². The largest absolute Gasteiger partial charge is 0.460 e. The maximum absolute atomic E-state index is 12.3. The van der Waals surface area contributed by atoms with Gasteiger partial charge in [-0.25, -0.2) is 14.4 Å². The fourth-order valence-corrected chi connectivity index (χ4v) is 8.58. The second-order valence-corrected chi connectivity index (χ2v) is 17.4. The summed E-state index contributed by atoms with van der Waals surface area (Å²) in [5, 5.41) is 19.6. The van der Waals surface area contributed by atoms with Gasteiger partial charge in [0, 0.05) is 28.2 Å². The molecule has 0 saturated carbocycles. The van der Waals surface area contributed by atoms with Crippen LogP contribution < -0.4 is 47.8 Å². The first-order valence-electron chi connectivity index (χ1n) is 23.3. The molecule has 6 heterocycles. The number of aliphatic hydroxyl groups excluding tert-OH is 2. The van der Waals surface area contributed by atoms with Crippen LogP contribution in [0.3, 0.4) is 0 Å². The Kier molecular flexibility index (Phi) is 17.3. The molecule has 0 unspecified atom stereocenters.